The standard InChI is InChI=1S/C20H16N4O4S2/c1-28-13-8-6-12(7-9-13)10-21-16(25)11-29-20-23-22-19(30-20)24-17(26)14-4-2-3-5-15(14)18(24)27/h2-9H,10-11H2,1H3,(H,21,25). The van der Waals surface area contributed by atoms with Crippen LogP contribution < -0.4 is 15.0 Å². The summed E-state index contributed by atoms with van der Waals surface area (Å²) in [5.41, 5.74) is 1.66. The van der Waals surface area contributed by atoms with Gasteiger partial charge in [-0.25, -0.2) is 4.90 Å². The molecular formula is C20H16N4O4S2. The maximum absolute atomic E-state index is 12.5. The zero-order chi connectivity index (χ0) is 21.1. The van der Waals surface area contributed by atoms with Crippen molar-refractivity contribution in [1.29, 1.82) is 0 Å². The highest BCUT2D eigenvalue weighted by Crippen LogP contribution is 2.33. The van der Waals surface area contributed by atoms with E-state index in [1.165, 1.54) is 11.8 Å². The lowest BCUT2D eigenvalue weighted by Crippen LogP contribution is -2.29. The van der Waals surface area contributed by atoms with E-state index in [1.807, 2.05) is 24.3 Å². The number of benzene rings is 2. The summed E-state index contributed by atoms with van der Waals surface area (Å²) in [6.07, 6.45) is 0. The Balaban J connectivity index is 1.32. The molecule has 3 amide bonds. The number of carbonyl (C=O) groups is 3. The number of carbonyl (C=O) groups excluding carboxylic acids is 3. The van der Waals surface area contributed by atoms with E-state index in [9.17, 15) is 14.4 Å². The third-order valence-electron chi connectivity index (χ3n) is 4.36. The monoisotopic (exact) mass is 440 g/mol. The largest absolute Gasteiger partial charge is 0.497 e. The van der Waals surface area contributed by atoms with Crippen molar-refractivity contribution in [2.45, 2.75) is 10.9 Å². The number of ether oxygens (including phenoxy) is 1. The minimum absolute atomic E-state index is 0.146. The van der Waals surface area contributed by atoms with Crippen molar-refractivity contribution < 1.29 is 19.1 Å². The molecule has 2 aromatic carbocycles. The predicted octanol–water partition coefficient (Wildman–Crippen LogP) is 2.76. The van der Waals surface area contributed by atoms with Crippen molar-refractivity contribution in [3.8, 4) is 5.75 Å². The Morgan fingerprint density at radius 1 is 1.07 bits per heavy atom. The second-order valence-corrected chi connectivity index (χ2v) is 8.43. The summed E-state index contributed by atoms with van der Waals surface area (Å²) >= 11 is 2.30. The number of hydrogen-bond donors (Lipinski definition) is 1. The average Bonchev–Trinajstić information content (AvgIpc) is 3.34. The van der Waals surface area contributed by atoms with Gasteiger partial charge in [0.05, 0.1) is 24.0 Å². The Labute approximate surface area is 180 Å². The molecule has 0 bridgehead atoms. The van der Waals surface area contributed by atoms with Crippen molar-refractivity contribution in [3.63, 3.8) is 0 Å². The number of nitrogens with one attached hydrogen (secondary N) is 1. The van der Waals surface area contributed by atoms with Crippen molar-refractivity contribution >= 4 is 46.0 Å². The van der Waals surface area contributed by atoms with Crippen molar-refractivity contribution in [2.75, 3.05) is 17.8 Å². The molecule has 0 atom stereocenters. The number of fused-ring (bicyclic) bond motifs is 1. The van der Waals surface area contributed by atoms with Gasteiger partial charge in [-0.15, -0.1) is 10.2 Å². The van der Waals surface area contributed by atoms with Gasteiger partial charge in [0.2, 0.25) is 11.0 Å². The molecule has 1 aromatic heterocycles. The lowest BCUT2D eigenvalue weighted by Gasteiger charge is -2.07. The van der Waals surface area contributed by atoms with Crippen LogP contribution in [0.25, 0.3) is 0 Å². The summed E-state index contributed by atoms with van der Waals surface area (Å²) in [6, 6.07) is 14.1. The summed E-state index contributed by atoms with van der Waals surface area (Å²) < 4.78 is 5.61. The van der Waals surface area contributed by atoms with Crippen LogP contribution in [0, 0.1) is 0 Å². The summed E-state index contributed by atoms with van der Waals surface area (Å²) in [4.78, 5) is 38.2. The van der Waals surface area contributed by atoms with Gasteiger partial charge in [0.25, 0.3) is 11.8 Å². The molecule has 0 radical (unpaired) electrons. The number of thioether (sulfide) groups is 1. The van der Waals surface area contributed by atoms with Gasteiger partial charge in [0, 0.05) is 6.54 Å². The number of rotatable bonds is 7. The Hall–Kier alpha value is -3.24. The van der Waals surface area contributed by atoms with Crippen LogP contribution in [0.3, 0.4) is 0 Å². The molecule has 4 rings (SSSR count). The Kier molecular flexibility index (Phi) is 5.77. The molecule has 8 nitrogen and oxygen atoms in total. The molecule has 152 valence electrons. The maximum atomic E-state index is 12.5. The normalized spacial score (nSPS) is 12.8. The molecule has 3 aromatic rings. The highest BCUT2D eigenvalue weighted by Gasteiger charge is 2.38. The van der Waals surface area contributed by atoms with Gasteiger partial charge >= 0.3 is 0 Å². The summed E-state index contributed by atoms with van der Waals surface area (Å²) in [6.45, 7) is 0.403. The van der Waals surface area contributed by atoms with Crippen molar-refractivity contribution in [1.82, 2.24) is 15.5 Å². The fourth-order valence-corrected chi connectivity index (χ4v) is 4.50. The minimum Gasteiger partial charge on any atom is -0.497 e. The number of hydrogen-bond acceptors (Lipinski definition) is 8. The molecular weight excluding hydrogens is 424 g/mol. The van der Waals surface area contributed by atoms with Gasteiger partial charge in [-0.2, -0.15) is 0 Å². The number of amides is 3. The zero-order valence-corrected chi connectivity index (χ0v) is 17.5. The van der Waals surface area contributed by atoms with Crippen LogP contribution in [0.15, 0.2) is 52.9 Å². The third-order valence-corrected chi connectivity index (χ3v) is 6.40. The molecule has 30 heavy (non-hydrogen) atoms. The Bertz CT molecular complexity index is 1080. The number of anilines is 1. The second-order valence-electron chi connectivity index (χ2n) is 6.26. The fourth-order valence-electron chi connectivity index (χ4n) is 2.84. The first kappa shape index (κ1) is 20.0. The van der Waals surface area contributed by atoms with Gasteiger partial charge in [-0.05, 0) is 29.8 Å². The summed E-state index contributed by atoms with van der Waals surface area (Å²) in [5.74, 6) is -0.0902. The number of imide groups is 1. The summed E-state index contributed by atoms with van der Waals surface area (Å²) in [7, 11) is 1.60. The summed E-state index contributed by atoms with van der Waals surface area (Å²) in [5, 5.41) is 11.0. The first-order valence-corrected chi connectivity index (χ1v) is 10.7. The van der Waals surface area contributed by atoms with E-state index >= 15 is 0 Å². The van der Waals surface area contributed by atoms with E-state index in [1.54, 1.807) is 31.4 Å². The van der Waals surface area contributed by atoms with Gasteiger partial charge in [0.1, 0.15) is 5.75 Å². The van der Waals surface area contributed by atoms with Crippen molar-refractivity contribution in [2.24, 2.45) is 0 Å². The molecule has 1 N–H and O–H groups in total. The zero-order valence-electron chi connectivity index (χ0n) is 15.8. The molecule has 0 fully saturated rings. The van der Waals surface area contributed by atoms with Gasteiger partial charge < -0.3 is 10.1 Å². The smallest absolute Gasteiger partial charge is 0.268 e. The molecule has 1 aliphatic heterocycles. The van der Waals surface area contributed by atoms with Crippen LogP contribution in [0.2, 0.25) is 0 Å². The first-order valence-electron chi connectivity index (χ1n) is 8.90. The quantitative estimate of drug-likeness (QED) is 0.342. The van der Waals surface area contributed by atoms with Gasteiger partial charge in [0.15, 0.2) is 4.34 Å². The van der Waals surface area contributed by atoms with Crippen LogP contribution in [0.1, 0.15) is 26.3 Å². The van der Waals surface area contributed by atoms with Crippen LogP contribution in [-0.4, -0.2) is 40.8 Å². The molecule has 2 heterocycles. The molecule has 0 saturated carbocycles. The van der Waals surface area contributed by atoms with Crippen LogP contribution in [-0.2, 0) is 11.3 Å². The van der Waals surface area contributed by atoms with Crippen LogP contribution >= 0.6 is 23.1 Å². The lowest BCUT2D eigenvalue weighted by atomic mass is 10.1. The molecule has 1 aliphatic rings. The molecule has 10 heteroatoms. The van der Waals surface area contributed by atoms with Crippen LogP contribution in [0.4, 0.5) is 5.13 Å². The molecule has 0 saturated heterocycles. The number of aromatic nitrogens is 2. The molecule has 0 unspecified atom stereocenters. The first-order chi connectivity index (χ1) is 14.6. The predicted molar refractivity (Wildman–Crippen MR) is 113 cm³/mol. The SMILES string of the molecule is COc1ccc(CNC(=O)CSc2nnc(N3C(=O)c4ccccc4C3=O)s2)cc1. The van der Waals surface area contributed by atoms with E-state index < -0.39 is 11.8 Å². The average molecular weight is 441 g/mol. The third kappa shape index (κ3) is 4.05. The minimum atomic E-state index is -0.416. The Morgan fingerprint density at radius 2 is 1.73 bits per heavy atom. The van der Waals surface area contributed by atoms with Gasteiger partial charge in [-0.1, -0.05) is 47.4 Å². The van der Waals surface area contributed by atoms with Crippen molar-refractivity contribution in [3.05, 3.63) is 65.2 Å². The van der Waals surface area contributed by atoms with E-state index in [0.29, 0.717) is 22.0 Å². The highest BCUT2D eigenvalue weighted by atomic mass is 32.2. The Morgan fingerprint density at radius 3 is 2.37 bits per heavy atom. The van der Waals surface area contributed by atoms with Gasteiger partial charge in [-0.3, -0.25) is 14.4 Å². The van der Waals surface area contributed by atoms with E-state index in [0.717, 1.165) is 27.5 Å². The van der Waals surface area contributed by atoms with E-state index in [-0.39, 0.29) is 16.8 Å². The molecule has 0 spiro atoms. The maximum Gasteiger partial charge on any atom is 0.268 e. The second kappa shape index (κ2) is 8.64. The number of methoxy groups -OCH3 is 1. The van der Waals surface area contributed by atoms with Crippen LogP contribution in [0.5, 0.6) is 5.75 Å². The number of nitrogens with zero attached hydrogens (tertiary/aromatic N) is 3. The van der Waals surface area contributed by atoms with E-state index in [4.69, 9.17) is 4.74 Å². The molecule has 0 aliphatic carbocycles. The lowest BCUT2D eigenvalue weighted by molar-refractivity contribution is -0.118. The fraction of sp³-hybridized carbons (Fsp3) is 0.150. The van der Waals surface area contributed by atoms with E-state index in [2.05, 4.69) is 15.5 Å². The topological polar surface area (TPSA) is 101 Å². The highest BCUT2D eigenvalue weighted by molar-refractivity contribution is 8.01.